The highest BCUT2D eigenvalue weighted by atomic mass is 16.5. The number of amides is 2. The summed E-state index contributed by atoms with van der Waals surface area (Å²) in [6.07, 6.45) is 4.85. The molecule has 2 aromatic rings. The summed E-state index contributed by atoms with van der Waals surface area (Å²) in [5.41, 5.74) is 1.79. The van der Waals surface area contributed by atoms with Gasteiger partial charge in [-0.1, -0.05) is 6.92 Å². The third-order valence-electron chi connectivity index (χ3n) is 6.78. The van der Waals surface area contributed by atoms with E-state index in [1.165, 1.54) is 0 Å². The molecule has 0 spiro atoms. The number of hydrogen-bond acceptors (Lipinski definition) is 8. The second-order valence-corrected chi connectivity index (χ2v) is 9.27. The standard InChI is InChI=1S/C25H35N7O3/c1-5-16(2)32-13-10-22(33)28-20-15-26-25(30-23(20)32)29-19-7-6-17(14-21(19)35-4)24(34)27-18-8-11-31(3)12-9-18/h6-7,14-16,18H,5,8-13H2,1-4H3,(H,27,34)(H,28,33)(H,26,29,30). The first-order valence-electron chi connectivity index (χ1n) is 12.3. The zero-order valence-electron chi connectivity index (χ0n) is 20.9. The lowest BCUT2D eigenvalue weighted by Crippen LogP contribution is -2.43. The Balaban J connectivity index is 1.52. The summed E-state index contributed by atoms with van der Waals surface area (Å²) in [6.45, 7) is 6.79. The van der Waals surface area contributed by atoms with Crippen molar-refractivity contribution in [2.45, 2.75) is 51.6 Å². The number of benzene rings is 1. The summed E-state index contributed by atoms with van der Waals surface area (Å²) in [5, 5.41) is 9.24. The maximum absolute atomic E-state index is 12.8. The van der Waals surface area contributed by atoms with Gasteiger partial charge in [0.15, 0.2) is 5.82 Å². The molecule has 2 aliphatic rings. The van der Waals surface area contributed by atoms with E-state index in [0.717, 1.165) is 32.4 Å². The second kappa shape index (κ2) is 10.9. The summed E-state index contributed by atoms with van der Waals surface area (Å²) in [6, 6.07) is 5.70. The molecule has 0 radical (unpaired) electrons. The lowest BCUT2D eigenvalue weighted by molar-refractivity contribution is -0.116. The van der Waals surface area contributed by atoms with E-state index in [2.05, 4.69) is 51.6 Å². The van der Waals surface area contributed by atoms with Crippen LogP contribution in [0, 0.1) is 0 Å². The Morgan fingerprint density at radius 1 is 1.29 bits per heavy atom. The molecule has 1 aromatic carbocycles. The Bertz CT molecular complexity index is 1070. The monoisotopic (exact) mass is 481 g/mol. The molecule has 10 heteroatoms. The SMILES string of the molecule is CCC(C)N1CCC(=O)Nc2cnc(Nc3ccc(C(=O)NC4CCN(C)CC4)cc3OC)nc21. The zero-order valence-corrected chi connectivity index (χ0v) is 20.9. The van der Waals surface area contributed by atoms with E-state index < -0.39 is 0 Å². The molecule has 0 aliphatic carbocycles. The van der Waals surface area contributed by atoms with Gasteiger partial charge < -0.3 is 30.5 Å². The van der Waals surface area contributed by atoms with Crippen LogP contribution in [-0.4, -0.2) is 72.6 Å². The fourth-order valence-electron chi connectivity index (χ4n) is 4.41. The van der Waals surface area contributed by atoms with Crippen LogP contribution in [0.3, 0.4) is 0 Å². The first kappa shape index (κ1) is 24.7. The maximum Gasteiger partial charge on any atom is 0.251 e. The minimum atomic E-state index is -0.106. The van der Waals surface area contributed by atoms with E-state index in [4.69, 9.17) is 9.72 Å². The van der Waals surface area contributed by atoms with Gasteiger partial charge in [-0.2, -0.15) is 4.98 Å². The third kappa shape index (κ3) is 5.82. The highest BCUT2D eigenvalue weighted by Gasteiger charge is 2.25. The van der Waals surface area contributed by atoms with Crippen molar-refractivity contribution >= 4 is 35.0 Å². The average molecular weight is 482 g/mol. The van der Waals surface area contributed by atoms with Crippen molar-refractivity contribution in [2.24, 2.45) is 0 Å². The lowest BCUT2D eigenvalue weighted by Gasteiger charge is -2.29. The molecule has 3 heterocycles. The van der Waals surface area contributed by atoms with Gasteiger partial charge in [0.1, 0.15) is 11.4 Å². The number of fused-ring (bicyclic) bond motifs is 1. The van der Waals surface area contributed by atoms with E-state index in [0.29, 0.717) is 47.4 Å². The van der Waals surface area contributed by atoms with E-state index in [1.807, 2.05) is 0 Å². The van der Waals surface area contributed by atoms with E-state index in [9.17, 15) is 9.59 Å². The Hall–Kier alpha value is -3.40. The number of rotatable bonds is 7. The Labute approximate surface area is 206 Å². The second-order valence-electron chi connectivity index (χ2n) is 9.27. The van der Waals surface area contributed by atoms with Gasteiger partial charge in [-0.15, -0.1) is 0 Å². The number of likely N-dealkylation sites (tertiary alicyclic amines) is 1. The van der Waals surface area contributed by atoms with Crippen LogP contribution in [0.2, 0.25) is 0 Å². The summed E-state index contributed by atoms with van der Waals surface area (Å²) in [4.78, 5) is 38.5. The van der Waals surface area contributed by atoms with Crippen LogP contribution in [0.5, 0.6) is 5.75 Å². The molecule has 1 aromatic heterocycles. The molecular weight excluding hydrogens is 446 g/mol. The maximum atomic E-state index is 12.8. The van der Waals surface area contributed by atoms with Gasteiger partial charge in [-0.25, -0.2) is 4.98 Å². The lowest BCUT2D eigenvalue weighted by atomic mass is 10.0. The fourth-order valence-corrected chi connectivity index (χ4v) is 4.41. The number of carbonyl (C=O) groups is 2. The molecule has 4 rings (SSSR count). The topological polar surface area (TPSA) is 112 Å². The first-order valence-corrected chi connectivity index (χ1v) is 12.3. The molecule has 0 saturated carbocycles. The number of carbonyl (C=O) groups excluding carboxylic acids is 2. The molecule has 1 fully saturated rings. The van der Waals surface area contributed by atoms with Gasteiger partial charge in [0.25, 0.3) is 5.91 Å². The molecule has 2 aliphatic heterocycles. The van der Waals surface area contributed by atoms with Crippen LogP contribution in [0.4, 0.5) is 23.1 Å². The van der Waals surface area contributed by atoms with Crippen LogP contribution in [-0.2, 0) is 4.79 Å². The van der Waals surface area contributed by atoms with E-state index >= 15 is 0 Å². The van der Waals surface area contributed by atoms with Crippen molar-refractivity contribution < 1.29 is 14.3 Å². The van der Waals surface area contributed by atoms with Gasteiger partial charge in [-0.05, 0) is 64.5 Å². The highest BCUT2D eigenvalue weighted by molar-refractivity contribution is 5.96. The summed E-state index contributed by atoms with van der Waals surface area (Å²) in [5.74, 6) is 1.44. The summed E-state index contributed by atoms with van der Waals surface area (Å²) in [7, 11) is 3.66. The van der Waals surface area contributed by atoms with Crippen LogP contribution >= 0.6 is 0 Å². The van der Waals surface area contributed by atoms with Gasteiger partial charge >= 0.3 is 0 Å². The molecule has 1 saturated heterocycles. The van der Waals surface area contributed by atoms with Crippen molar-refractivity contribution in [3.63, 3.8) is 0 Å². The predicted octanol–water partition coefficient (Wildman–Crippen LogP) is 3.00. The predicted molar refractivity (Wildman–Crippen MR) is 137 cm³/mol. The molecule has 1 unspecified atom stereocenters. The van der Waals surface area contributed by atoms with Gasteiger partial charge in [-0.3, -0.25) is 9.59 Å². The molecule has 10 nitrogen and oxygen atoms in total. The fraction of sp³-hybridized carbons (Fsp3) is 0.520. The van der Waals surface area contributed by atoms with Crippen LogP contribution in [0.15, 0.2) is 24.4 Å². The number of ether oxygens (including phenoxy) is 1. The molecule has 35 heavy (non-hydrogen) atoms. The van der Waals surface area contributed by atoms with Crippen LogP contribution in [0.25, 0.3) is 0 Å². The molecule has 0 bridgehead atoms. The van der Waals surface area contributed by atoms with E-state index in [1.54, 1.807) is 31.5 Å². The van der Waals surface area contributed by atoms with Gasteiger partial charge in [0.2, 0.25) is 11.9 Å². The number of piperidine rings is 1. The Kier molecular flexibility index (Phi) is 7.70. The third-order valence-corrected chi connectivity index (χ3v) is 6.78. The minimum absolute atomic E-state index is 0.0443. The quantitative estimate of drug-likeness (QED) is 0.553. The molecule has 3 N–H and O–H groups in total. The number of nitrogens with one attached hydrogen (secondary N) is 3. The number of aromatic nitrogens is 2. The van der Waals surface area contributed by atoms with Crippen molar-refractivity contribution in [3.8, 4) is 5.75 Å². The minimum Gasteiger partial charge on any atom is -0.495 e. The summed E-state index contributed by atoms with van der Waals surface area (Å²) < 4.78 is 5.56. The molecule has 2 amide bonds. The van der Waals surface area contributed by atoms with Gasteiger partial charge in [0, 0.05) is 30.6 Å². The van der Waals surface area contributed by atoms with Crippen molar-refractivity contribution in [2.75, 3.05) is 49.3 Å². The Morgan fingerprint density at radius 2 is 2.06 bits per heavy atom. The van der Waals surface area contributed by atoms with Crippen molar-refractivity contribution in [3.05, 3.63) is 30.0 Å². The normalized spacial score (nSPS) is 17.7. The van der Waals surface area contributed by atoms with Crippen LogP contribution in [0.1, 0.15) is 49.9 Å². The zero-order chi connectivity index (χ0) is 24.9. The molecule has 188 valence electrons. The number of methoxy groups -OCH3 is 1. The van der Waals surface area contributed by atoms with Crippen LogP contribution < -0.4 is 25.6 Å². The highest BCUT2D eigenvalue weighted by Crippen LogP contribution is 2.32. The first-order chi connectivity index (χ1) is 16.9. The molecular formula is C25H35N7O3. The smallest absolute Gasteiger partial charge is 0.251 e. The summed E-state index contributed by atoms with van der Waals surface area (Å²) >= 11 is 0. The van der Waals surface area contributed by atoms with Gasteiger partial charge in [0.05, 0.1) is 19.0 Å². The largest absolute Gasteiger partial charge is 0.495 e. The van der Waals surface area contributed by atoms with Crippen molar-refractivity contribution in [1.82, 2.24) is 20.2 Å². The molecule has 1 atom stereocenters. The number of hydrogen-bond donors (Lipinski definition) is 3. The Morgan fingerprint density at radius 3 is 2.77 bits per heavy atom. The van der Waals surface area contributed by atoms with Crippen molar-refractivity contribution in [1.29, 1.82) is 0 Å². The average Bonchev–Trinajstić information content (AvgIpc) is 3.03. The number of anilines is 4. The number of nitrogens with zero attached hydrogens (tertiary/aromatic N) is 4. The van der Waals surface area contributed by atoms with E-state index in [-0.39, 0.29) is 23.9 Å².